The van der Waals surface area contributed by atoms with Gasteiger partial charge in [-0.3, -0.25) is 4.90 Å². The average Bonchev–Trinajstić information content (AvgIpc) is 3.37. The summed E-state index contributed by atoms with van der Waals surface area (Å²) >= 11 is 12.3. The number of piperazine rings is 1. The van der Waals surface area contributed by atoms with E-state index in [1.165, 1.54) is 12.0 Å². The molecule has 120 valence electrons. The molecule has 0 spiro atoms. The van der Waals surface area contributed by atoms with Crippen LogP contribution in [-0.4, -0.2) is 37.1 Å². The molecule has 1 aliphatic carbocycles. The summed E-state index contributed by atoms with van der Waals surface area (Å²) in [6, 6.07) is 17.4. The van der Waals surface area contributed by atoms with E-state index in [4.69, 9.17) is 23.2 Å². The SMILES string of the molecule is Clc1ccc(N2CCN([C@H]3C[C@H]3c3ccccc3)CC2)c(Cl)c1. The predicted octanol–water partition coefficient (Wildman–Crippen LogP) is 4.67. The van der Waals surface area contributed by atoms with Gasteiger partial charge in [-0.05, 0) is 30.2 Å². The molecule has 1 saturated carbocycles. The monoisotopic (exact) mass is 346 g/mol. The molecular formula is C19H20Cl2N2. The van der Waals surface area contributed by atoms with E-state index in [2.05, 4.69) is 40.1 Å². The molecule has 0 aromatic heterocycles. The highest BCUT2D eigenvalue weighted by atomic mass is 35.5. The van der Waals surface area contributed by atoms with Gasteiger partial charge in [0.05, 0.1) is 10.7 Å². The lowest BCUT2D eigenvalue weighted by molar-refractivity contribution is 0.244. The summed E-state index contributed by atoms with van der Waals surface area (Å²) in [7, 11) is 0. The van der Waals surface area contributed by atoms with E-state index in [1.807, 2.05) is 18.2 Å². The first-order valence-electron chi connectivity index (χ1n) is 8.21. The number of anilines is 1. The largest absolute Gasteiger partial charge is 0.368 e. The predicted molar refractivity (Wildman–Crippen MR) is 97.8 cm³/mol. The van der Waals surface area contributed by atoms with Gasteiger partial charge >= 0.3 is 0 Å². The Bertz CT molecular complexity index is 681. The van der Waals surface area contributed by atoms with Crippen molar-refractivity contribution in [1.29, 1.82) is 0 Å². The molecule has 4 rings (SSSR count). The van der Waals surface area contributed by atoms with Gasteiger partial charge in [0.25, 0.3) is 0 Å². The topological polar surface area (TPSA) is 6.48 Å². The summed E-state index contributed by atoms with van der Waals surface area (Å²) in [6.07, 6.45) is 1.30. The lowest BCUT2D eigenvalue weighted by Gasteiger charge is -2.37. The van der Waals surface area contributed by atoms with Gasteiger partial charge in [0, 0.05) is 43.2 Å². The van der Waals surface area contributed by atoms with E-state index in [9.17, 15) is 0 Å². The summed E-state index contributed by atoms with van der Waals surface area (Å²) < 4.78 is 0. The first-order chi connectivity index (χ1) is 11.2. The maximum Gasteiger partial charge on any atom is 0.0654 e. The molecule has 0 amide bonds. The Kier molecular flexibility index (Phi) is 4.23. The molecule has 2 atom stereocenters. The lowest BCUT2D eigenvalue weighted by Crippen LogP contribution is -2.47. The lowest BCUT2D eigenvalue weighted by atomic mass is 10.1. The maximum atomic E-state index is 6.34. The van der Waals surface area contributed by atoms with Crippen LogP contribution in [0.1, 0.15) is 17.9 Å². The smallest absolute Gasteiger partial charge is 0.0654 e. The van der Waals surface area contributed by atoms with Crippen molar-refractivity contribution in [3.8, 4) is 0 Å². The van der Waals surface area contributed by atoms with Crippen LogP contribution in [0.5, 0.6) is 0 Å². The fraction of sp³-hybridized carbons (Fsp3) is 0.368. The fourth-order valence-corrected chi connectivity index (χ4v) is 4.20. The first kappa shape index (κ1) is 15.3. The van der Waals surface area contributed by atoms with Crippen LogP contribution < -0.4 is 4.90 Å². The van der Waals surface area contributed by atoms with Crippen molar-refractivity contribution in [3.05, 3.63) is 64.1 Å². The van der Waals surface area contributed by atoms with Crippen LogP contribution >= 0.6 is 23.2 Å². The Morgan fingerprint density at radius 2 is 1.61 bits per heavy atom. The zero-order valence-electron chi connectivity index (χ0n) is 13.0. The second kappa shape index (κ2) is 6.35. The van der Waals surface area contributed by atoms with Crippen molar-refractivity contribution in [2.75, 3.05) is 31.1 Å². The molecule has 2 aliphatic rings. The molecule has 1 aliphatic heterocycles. The van der Waals surface area contributed by atoms with Gasteiger partial charge in [-0.25, -0.2) is 0 Å². The van der Waals surface area contributed by atoms with Crippen molar-refractivity contribution in [3.63, 3.8) is 0 Å². The number of nitrogens with zero attached hydrogens (tertiary/aromatic N) is 2. The van der Waals surface area contributed by atoms with Gasteiger partial charge in [-0.15, -0.1) is 0 Å². The molecular weight excluding hydrogens is 327 g/mol. The highest BCUT2D eigenvalue weighted by Gasteiger charge is 2.43. The van der Waals surface area contributed by atoms with E-state index in [0.717, 1.165) is 48.8 Å². The van der Waals surface area contributed by atoms with Crippen molar-refractivity contribution in [1.82, 2.24) is 4.90 Å². The normalized spacial score (nSPS) is 24.7. The summed E-state index contributed by atoms with van der Waals surface area (Å²) in [5, 5.41) is 1.45. The van der Waals surface area contributed by atoms with Crippen molar-refractivity contribution >= 4 is 28.9 Å². The van der Waals surface area contributed by atoms with Gasteiger partial charge < -0.3 is 4.90 Å². The number of hydrogen-bond donors (Lipinski definition) is 0. The summed E-state index contributed by atoms with van der Waals surface area (Å²) in [6.45, 7) is 4.26. The van der Waals surface area contributed by atoms with E-state index < -0.39 is 0 Å². The molecule has 23 heavy (non-hydrogen) atoms. The Morgan fingerprint density at radius 1 is 0.870 bits per heavy atom. The Hall–Kier alpha value is -1.22. The minimum absolute atomic E-state index is 0.695. The molecule has 0 bridgehead atoms. The van der Waals surface area contributed by atoms with Crippen LogP contribution in [0.25, 0.3) is 0 Å². The van der Waals surface area contributed by atoms with Crippen LogP contribution in [0, 0.1) is 0 Å². The Morgan fingerprint density at radius 3 is 2.30 bits per heavy atom. The quantitative estimate of drug-likeness (QED) is 0.796. The fourth-order valence-electron chi connectivity index (χ4n) is 3.68. The molecule has 2 fully saturated rings. The number of rotatable bonds is 3. The molecule has 2 aromatic carbocycles. The molecule has 2 nitrogen and oxygen atoms in total. The van der Waals surface area contributed by atoms with Crippen LogP contribution in [0.4, 0.5) is 5.69 Å². The molecule has 0 N–H and O–H groups in total. The minimum Gasteiger partial charge on any atom is -0.368 e. The van der Waals surface area contributed by atoms with Crippen LogP contribution in [-0.2, 0) is 0 Å². The van der Waals surface area contributed by atoms with E-state index in [-0.39, 0.29) is 0 Å². The summed E-state index contributed by atoms with van der Waals surface area (Å²) in [5.74, 6) is 0.724. The van der Waals surface area contributed by atoms with Crippen molar-refractivity contribution < 1.29 is 0 Å². The zero-order chi connectivity index (χ0) is 15.8. The van der Waals surface area contributed by atoms with Crippen molar-refractivity contribution in [2.45, 2.75) is 18.4 Å². The zero-order valence-corrected chi connectivity index (χ0v) is 14.5. The number of benzene rings is 2. The third-order valence-corrected chi connectivity index (χ3v) is 5.56. The van der Waals surface area contributed by atoms with Crippen LogP contribution in [0.2, 0.25) is 10.0 Å². The molecule has 1 saturated heterocycles. The van der Waals surface area contributed by atoms with E-state index >= 15 is 0 Å². The minimum atomic E-state index is 0.695. The number of hydrogen-bond acceptors (Lipinski definition) is 2. The van der Waals surface area contributed by atoms with Crippen LogP contribution in [0.15, 0.2) is 48.5 Å². The second-order valence-corrected chi connectivity index (χ2v) is 7.28. The third-order valence-electron chi connectivity index (χ3n) is 5.02. The van der Waals surface area contributed by atoms with Crippen LogP contribution in [0.3, 0.4) is 0 Å². The molecule has 1 heterocycles. The maximum absolute atomic E-state index is 6.34. The van der Waals surface area contributed by atoms with Crippen molar-refractivity contribution in [2.24, 2.45) is 0 Å². The Balaban J connectivity index is 1.37. The van der Waals surface area contributed by atoms with E-state index in [1.54, 1.807) is 0 Å². The standard InChI is InChI=1S/C19H20Cl2N2/c20-15-6-7-18(17(21)12-15)22-8-10-23(11-9-22)19-13-16(19)14-4-2-1-3-5-14/h1-7,12,16,19H,8-11,13H2/t16-,19-/m0/s1. The molecule has 4 heteroatoms. The Labute approximate surface area is 147 Å². The van der Waals surface area contributed by atoms with E-state index in [0.29, 0.717) is 5.02 Å². The summed E-state index contributed by atoms with van der Waals surface area (Å²) in [5.41, 5.74) is 2.59. The average molecular weight is 347 g/mol. The molecule has 2 aromatic rings. The van der Waals surface area contributed by atoms with Gasteiger partial charge in [0.15, 0.2) is 0 Å². The number of halogens is 2. The summed E-state index contributed by atoms with van der Waals surface area (Å²) in [4.78, 5) is 5.01. The van der Waals surface area contributed by atoms with Gasteiger partial charge in [0.2, 0.25) is 0 Å². The highest BCUT2D eigenvalue weighted by molar-refractivity contribution is 6.36. The second-order valence-electron chi connectivity index (χ2n) is 6.44. The molecule has 0 unspecified atom stereocenters. The highest BCUT2D eigenvalue weighted by Crippen LogP contribution is 2.45. The first-order valence-corrected chi connectivity index (χ1v) is 8.97. The third kappa shape index (κ3) is 3.21. The molecule has 0 radical (unpaired) electrons. The van der Waals surface area contributed by atoms with Gasteiger partial charge in [-0.2, -0.15) is 0 Å². The van der Waals surface area contributed by atoms with Gasteiger partial charge in [0.1, 0.15) is 0 Å². The van der Waals surface area contributed by atoms with Gasteiger partial charge in [-0.1, -0.05) is 53.5 Å².